The molecule has 0 saturated carbocycles. The summed E-state index contributed by atoms with van der Waals surface area (Å²) in [7, 11) is 3.38. The Balaban J connectivity index is 1.77. The number of piperazine rings is 2. The van der Waals surface area contributed by atoms with E-state index in [1.54, 1.807) is 28.6 Å². The summed E-state index contributed by atoms with van der Waals surface area (Å²) in [6, 6.07) is 1.25. The average molecular weight is 333 g/mol. The first-order valence-corrected chi connectivity index (χ1v) is 8.29. The first kappa shape index (κ1) is 16.5. The molecule has 0 spiro atoms. The van der Waals surface area contributed by atoms with Crippen molar-refractivity contribution < 1.29 is 14.4 Å². The van der Waals surface area contributed by atoms with Crippen LogP contribution in [0, 0.1) is 0 Å². The van der Waals surface area contributed by atoms with Gasteiger partial charge in [0.15, 0.2) is 0 Å². The third-order valence-corrected chi connectivity index (χ3v) is 4.68. The standard InChI is InChI=1S/C16H23N5O3/c1-4-5-11-8-12(19(3)17-11)16(24)20-6-7-21-13(9-20)15(23)18(2)10-14(21)22/h8,13H,4-7,9-10H2,1-3H3/t13-/m1/s1. The average Bonchev–Trinajstić information content (AvgIpc) is 2.92. The first-order chi connectivity index (χ1) is 11.4. The summed E-state index contributed by atoms with van der Waals surface area (Å²) in [4.78, 5) is 41.9. The van der Waals surface area contributed by atoms with E-state index in [2.05, 4.69) is 12.0 Å². The fourth-order valence-corrected chi connectivity index (χ4v) is 3.37. The molecule has 0 N–H and O–H groups in total. The number of rotatable bonds is 3. The van der Waals surface area contributed by atoms with Crippen molar-refractivity contribution in [2.75, 3.05) is 33.2 Å². The van der Waals surface area contributed by atoms with Gasteiger partial charge in [0.25, 0.3) is 5.91 Å². The second kappa shape index (κ2) is 6.26. The summed E-state index contributed by atoms with van der Waals surface area (Å²) >= 11 is 0. The Kier molecular flexibility index (Phi) is 4.29. The molecule has 0 bridgehead atoms. The zero-order valence-corrected chi connectivity index (χ0v) is 14.4. The topological polar surface area (TPSA) is 78.8 Å². The molecular weight excluding hydrogens is 310 g/mol. The third kappa shape index (κ3) is 2.76. The highest BCUT2D eigenvalue weighted by Crippen LogP contribution is 2.19. The molecule has 0 aromatic carbocycles. The van der Waals surface area contributed by atoms with Gasteiger partial charge in [0.05, 0.1) is 18.8 Å². The van der Waals surface area contributed by atoms with Gasteiger partial charge in [0.1, 0.15) is 11.7 Å². The molecular formula is C16H23N5O3. The number of carbonyl (C=O) groups excluding carboxylic acids is 3. The molecule has 0 aliphatic carbocycles. The molecule has 2 fully saturated rings. The normalized spacial score (nSPS) is 21.3. The number of fused-ring (bicyclic) bond motifs is 1. The maximum Gasteiger partial charge on any atom is 0.272 e. The van der Waals surface area contributed by atoms with Crippen LogP contribution in [0.15, 0.2) is 6.07 Å². The summed E-state index contributed by atoms with van der Waals surface area (Å²) in [5.74, 6) is -0.302. The van der Waals surface area contributed by atoms with Crippen LogP contribution in [0.2, 0.25) is 0 Å². The maximum atomic E-state index is 12.8. The predicted octanol–water partition coefficient (Wildman–Crippen LogP) is -0.502. The molecule has 1 aromatic rings. The summed E-state index contributed by atoms with van der Waals surface area (Å²) in [6.07, 6.45) is 1.80. The third-order valence-electron chi connectivity index (χ3n) is 4.68. The minimum atomic E-state index is -0.572. The van der Waals surface area contributed by atoms with Gasteiger partial charge in [-0.25, -0.2) is 0 Å². The Hall–Kier alpha value is -2.38. The number of likely N-dealkylation sites (N-methyl/N-ethyl adjacent to an activating group) is 1. The molecule has 8 heteroatoms. The molecule has 8 nitrogen and oxygen atoms in total. The second-order valence-electron chi connectivity index (χ2n) is 6.44. The monoisotopic (exact) mass is 333 g/mol. The van der Waals surface area contributed by atoms with E-state index in [-0.39, 0.29) is 30.8 Å². The Morgan fingerprint density at radius 1 is 1.29 bits per heavy atom. The van der Waals surface area contributed by atoms with Crippen molar-refractivity contribution in [1.82, 2.24) is 24.5 Å². The fourth-order valence-electron chi connectivity index (χ4n) is 3.37. The van der Waals surface area contributed by atoms with E-state index in [1.165, 1.54) is 4.90 Å². The Morgan fingerprint density at radius 2 is 2.04 bits per heavy atom. The molecule has 3 heterocycles. The summed E-state index contributed by atoms with van der Waals surface area (Å²) in [6.45, 7) is 3.26. The molecule has 24 heavy (non-hydrogen) atoms. The lowest BCUT2D eigenvalue weighted by Gasteiger charge is -2.45. The summed E-state index contributed by atoms with van der Waals surface area (Å²) in [5, 5.41) is 4.37. The van der Waals surface area contributed by atoms with E-state index >= 15 is 0 Å². The van der Waals surface area contributed by atoms with Crippen LogP contribution >= 0.6 is 0 Å². The molecule has 0 unspecified atom stereocenters. The van der Waals surface area contributed by atoms with E-state index in [0.29, 0.717) is 18.8 Å². The van der Waals surface area contributed by atoms with Crippen LogP contribution in [0.4, 0.5) is 0 Å². The Morgan fingerprint density at radius 3 is 2.75 bits per heavy atom. The van der Waals surface area contributed by atoms with E-state index in [9.17, 15) is 14.4 Å². The van der Waals surface area contributed by atoms with Gasteiger partial charge in [0.2, 0.25) is 11.8 Å². The highest BCUT2D eigenvalue weighted by Gasteiger charge is 2.42. The smallest absolute Gasteiger partial charge is 0.272 e. The lowest BCUT2D eigenvalue weighted by Crippen LogP contribution is -2.66. The minimum Gasteiger partial charge on any atom is -0.335 e. The first-order valence-electron chi connectivity index (χ1n) is 8.29. The maximum absolute atomic E-state index is 12.8. The second-order valence-corrected chi connectivity index (χ2v) is 6.44. The van der Waals surface area contributed by atoms with Gasteiger partial charge in [-0.2, -0.15) is 5.10 Å². The van der Waals surface area contributed by atoms with Gasteiger partial charge < -0.3 is 14.7 Å². The van der Waals surface area contributed by atoms with Crippen LogP contribution in [-0.2, 0) is 23.1 Å². The predicted molar refractivity (Wildman–Crippen MR) is 86.2 cm³/mol. The molecule has 2 saturated heterocycles. The minimum absolute atomic E-state index is 0.0556. The van der Waals surface area contributed by atoms with E-state index in [1.807, 2.05) is 6.07 Å². The zero-order chi connectivity index (χ0) is 17.4. The van der Waals surface area contributed by atoms with Crippen molar-refractivity contribution in [2.45, 2.75) is 25.8 Å². The molecule has 1 atom stereocenters. The number of hydrogen-bond acceptors (Lipinski definition) is 4. The SMILES string of the molecule is CCCc1cc(C(=O)N2CCN3C(=O)CN(C)C(=O)[C@H]3C2)n(C)n1. The Labute approximate surface area is 141 Å². The highest BCUT2D eigenvalue weighted by molar-refractivity contribution is 5.97. The molecule has 2 aliphatic rings. The Bertz CT molecular complexity index is 683. The van der Waals surface area contributed by atoms with Crippen molar-refractivity contribution in [2.24, 2.45) is 7.05 Å². The van der Waals surface area contributed by atoms with Crippen LogP contribution in [-0.4, -0.2) is 81.5 Å². The van der Waals surface area contributed by atoms with Crippen molar-refractivity contribution >= 4 is 17.7 Å². The van der Waals surface area contributed by atoms with Crippen molar-refractivity contribution in [3.8, 4) is 0 Å². The molecule has 1 aromatic heterocycles. The molecule has 2 aliphatic heterocycles. The van der Waals surface area contributed by atoms with Gasteiger partial charge in [-0.05, 0) is 12.5 Å². The fraction of sp³-hybridized carbons (Fsp3) is 0.625. The van der Waals surface area contributed by atoms with Crippen LogP contribution in [0.25, 0.3) is 0 Å². The number of aromatic nitrogens is 2. The number of amides is 3. The van der Waals surface area contributed by atoms with E-state index in [0.717, 1.165) is 18.5 Å². The number of carbonyl (C=O) groups is 3. The van der Waals surface area contributed by atoms with Crippen molar-refractivity contribution in [3.63, 3.8) is 0 Å². The summed E-state index contributed by atoms with van der Waals surface area (Å²) in [5.41, 5.74) is 1.42. The van der Waals surface area contributed by atoms with Gasteiger partial charge in [-0.3, -0.25) is 19.1 Å². The van der Waals surface area contributed by atoms with Crippen LogP contribution in [0.3, 0.4) is 0 Å². The number of nitrogens with zero attached hydrogens (tertiary/aromatic N) is 5. The van der Waals surface area contributed by atoms with Crippen molar-refractivity contribution in [1.29, 1.82) is 0 Å². The highest BCUT2D eigenvalue weighted by atomic mass is 16.2. The van der Waals surface area contributed by atoms with E-state index in [4.69, 9.17) is 0 Å². The molecule has 0 radical (unpaired) electrons. The quantitative estimate of drug-likeness (QED) is 0.747. The van der Waals surface area contributed by atoms with Gasteiger partial charge >= 0.3 is 0 Å². The molecule has 3 amide bonds. The van der Waals surface area contributed by atoms with Gasteiger partial charge in [0, 0.05) is 27.2 Å². The lowest BCUT2D eigenvalue weighted by molar-refractivity contribution is -0.157. The van der Waals surface area contributed by atoms with Gasteiger partial charge in [-0.1, -0.05) is 13.3 Å². The number of aryl methyl sites for hydroxylation is 2. The zero-order valence-electron chi connectivity index (χ0n) is 14.4. The van der Waals surface area contributed by atoms with Crippen molar-refractivity contribution in [3.05, 3.63) is 17.5 Å². The van der Waals surface area contributed by atoms with Crippen LogP contribution in [0.5, 0.6) is 0 Å². The lowest BCUT2D eigenvalue weighted by atomic mass is 10.1. The largest absolute Gasteiger partial charge is 0.335 e. The number of hydrogen-bond donors (Lipinski definition) is 0. The summed E-state index contributed by atoms with van der Waals surface area (Å²) < 4.78 is 1.60. The molecule has 3 rings (SSSR count). The molecule has 130 valence electrons. The van der Waals surface area contributed by atoms with Gasteiger partial charge in [-0.15, -0.1) is 0 Å². The van der Waals surface area contributed by atoms with Crippen LogP contribution in [0.1, 0.15) is 29.5 Å². The van der Waals surface area contributed by atoms with E-state index < -0.39 is 6.04 Å². The van der Waals surface area contributed by atoms with Crippen LogP contribution < -0.4 is 0 Å².